The Labute approximate surface area is 139 Å². The summed E-state index contributed by atoms with van der Waals surface area (Å²) in [7, 11) is 1.58. The molecule has 0 saturated carbocycles. The molecule has 24 heavy (non-hydrogen) atoms. The lowest BCUT2D eigenvalue weighted by molar-refractivity contribution is -0.136. The van der Waals surface area contributed by atoms with Crippen molar-refractivity contribution in [1.82, 2.24) is 14.7 Å². The number of methoxy groups -OCH3 is 1. The van der Waals surface area contributed by atoms with Crippen molar-refractivity contribution in [2.24, 2.45) is 0 Å². The molecule has 0 aliphatic carbocycles. The van der Waals surface area contributed by atoms with E-state index in [1.165, 1.54) is 10.7 Å². The SMILES string of the molecule is COc1ccccc1-c1ccc(=O)n(CC(=O)N2CCOCC2)n1. The Morgan fingerprint density at radius 1 is 1.21 bits per heavy atom. The quantitative estimate of drug-likeness (QED) is 0.829. The number of nitrogens with zero attached hydrogens (tertiary/aromatic N) is 3. The molecule has 1 aromatic carbocycles. The molecule has 1 saturated heterocycles. The van der Waals surface area contributed by atoms with Crippen LogP contribution in [0.2, 0.25) is 0 Å². The maximum atomic E-state index is 12.3. The summed E-state index contributed by atoms with van der Waals surface area (Å²) in [5.74, 6) is 0.528. The maximum absolute atomic E-state index is 12.3. The molecule has 1 aliphatic heterocycles. The van der Waals surface area contributed by atoms with Gasteiger partial charge in [0.15, 0.2) is 0 Å². The summed E-state index contributed by atoms with van der Waals surface area (Å²) in [5.41, 5.74) is 1.05. The van der Waals surface area contributed by atoms with Gasteiger partial charge in [-0.3, -0.25) is 9.59 Å². The smallest absolute Gasteiger partial charge is 0.267 e. The lowest BCUT2D eigenvalue weighted by Gasteiger charge is -2.26. The molecule has 0 spiro atoms. The summed E-state index contributed by atoms with van der Waals surface area (Å²) in [6, 6.07) is 10.5. The van der Waals surface area contributed by atoms with Crippen molar-refractivity contribution in [1.29, 1.82) is 0 Å². The molecule has 2 aromatic rings. The third-order valence-corrected chi connectivity index (χ3v) is 3.90. The largest absolute Gasteiger partial charge is 0.496 e. The zero-order chi connectivity index (χ0) is 16.9. The molecule has 0 N–H and O–H groups in total. The molecular weight excluding hydrogens is 310 g/mol. The Morgan fingerprint density at radius 2 is 1.96 bits per heavy atom. The Morgan fingerprint density at radius 3 is 2.71 bits per heavy atom. The van der Waals surface area contributed by atoms with E-state index in [2.05, 4.69) is 5.10 Å². The minimum Gasteiger partial charge on any atom is -0.496 e. The highest BCUT2D eigenvalue weighted by Gasteiger charge is 2.18. The molecule has 0 unspecified atom stereocenters. The van der Waals surface area contributed by atoms with Crippen LogP contribution >= 0.6 is 0 Å². The summed E-state index contributed by atoms with van der Waals surface area (Å²) < 4.78 is 11.8. The molecule has 7 heteroatoms. The van der Waals surface area contributed by atoms with Crippen molar-refractivity contribution >= 4 is 5.91 Å². The van der Waals surface area contributed by atoms with Crippen LogP contribution in [0.15, 0.2) is 41.2 Å². The Balaban J connectivity index is 1.86. The lowest BCUT2D eigenvalue weighted by Crippen LogP contribution is -2.43. The van der Waals surface area contributed by atoms with Crippen molar-refractivity contribution in [3.05, 3.63) is 46.8 Å². The molecule has 1 aromatic heterocycles. The van der Waals surface area contributed by atoms with E-state index in [1.54, 1.807) is 18.1 Å². The second kappa shape index (κ2) is 7.27. The molecule has 1 aliphatic rings. The van der Waals surface area contributed by atoms with Crippen molar-refractivity contribution in [3.63, 3.8) is 0 Å². The minimum absolute atomic E-state index is 0.0815. The Kier molecular flexibility index (Phi) is 4.90. The maximum Gasteiger partial charge on any atom is 0.267 e. The van der Waals surface area contributed by atoms with Gasteiger partial charge in [0.25, 0.3) is 5.56 Å². The first-order valence-electron chi connectivity index (χ1n) is 7.76. The highest BCUT2D eigenvalue weighted by Crippen LogP contribution is 2.27. The average Bonchev–Trinajstić information content (AvgIpc) is 2.64. The van der Waals surface area contributed by atoms with E-state index in [9.17, 15) is 9.59 Å². The first kappa shape index (κ1) is 16.2. The van der Waals surface area contributed by atoms with Crippen molar-refractivity contribution < 1.29 is 14.3 Å². The highest BCUT2D eigenvalue weighted by molar-refractivity contribution is 5.76. The molecule has 1 fully saturated rings. The number of hydrogen-bond donors (Lipinski definition) is 0. The van der Waals surface area contributed by atoms with E-state index in [-0.39, 0.29) is 18.0 Å². The highest BCUT2D eigenvalue weighted by atomic mass is 16.5. The fourth-order valence-corrected chi connectivity index (χ4v) is 2.60. The third-order valence-electron chi connectivity index (χ3n) is 3.90. The summed E-state index contributed by atoms with van der Waals surface area (Å²) in [4.78, 5) is 26.1. The van der Waals surface area contributed by atoms with Crippen LogP contribution in [0.1, 0.15) is 0 Å². The van der Waals surface area contributed by atoms with Crippen LogP contribution in [0.4, 0.5) is 0 Å². The summed E-state index contributed by atoms with van der Waals surface area (Å²) in [5, 5.41) is 4.33. The number of rotatable bonds is 4. The number of carbonyl (C=O) groups excluding carboxylic acids is 1. The van der Waals surface area contributed by atoms with Gasteiger partial charge >= 0.3 is 0 Å². The van der Waals surface area contributed by atoms with Crippen molar-refractivity contribution in [2.75, 3.05) is 33.4 Å². The van der Waals surface area contributed by atoms with Crippen LogP contribution in [0.5, 0.6) is 5.75 Å². The molecule has 126 valence electrons. The van der Waals surface area contributed by atoms with Gasteiger partial charge in [-0.25, -0.2) is 4.68 Å². The zero-order valence-corrected chi connectivity index (χ0v) is 13.5. The van der Waals surface area contributed by atoms with Crippen molar-refractivity contribution in [3.8, 4) is 17.0 Å². The summed E-state index contributed by atoms with van der Waals surface area (Å²) in [6.45, 7) is 2.05. The minimum atomic E-state index is -0.310. The van der Waals surface area contributed by atoms with E-state index in [4.69, 9.17) is 9.47 Å². The van der Waals surface area contributed by atoms with Gasteiger partial charge in [0.1, 0.15) is 12.3 Å². The van der Waals surface area contributed by atoms with E-state index in [0.29, 0.717) is 37.7 Å². The fraction of sp³-hybridized carbons (Fsp3) is 0.353. The van der Waals surface area contributed by atoms with Crippen LogP contribution in [0.25, 0.3) is 11.3 Å². The second-order valence-electron chi connectivity index (χ2n) is 5.41. The number of benzene rings is 1. The zero-order valence-electron chi connectivity index (χ0n) is 13.5. The van der Waals surface area contributed by atoms with Crippen LogP contribution < -0.4 is 10.3 Å². The molecule has 0 atom stereocenters. The lowest BCUT2D eigenvalue weighted by atomic mass is 10.1. The molecule has 1 amide bonds. The summed E-state index contributed by atoms with van der Waals surface area (Å²) in [6.07, 6.45) is 0. The van der Waals surface area contributed by atoms with Crippen molar-refractivity contribution in [2.45, 2.75) is 6.54 Å². The van der Waals surface area contributed by atoms with Gasteiger partial charge in [-0.1, -0.05) is 12.1 Å². The molecule has 2 heterocycles. The topological polar surface area (TPSA) is 73.7 Å². The van der Waals surface area contributed by atoms with Gasteiger partial charge in [-0.05, 0) is 18.2 Å². The Hall–Kier alpha value is -2.67. The Bertz CT molecular complexity index is 781. The van der Waals surface area contributed by atoms with Gasteiger partial charge in [-0.2, -0.15) is 5.10 Å². The number of amides is 1. The van der Waals surface area contributed by atoms with Crippen LogP contribution in [0, 0.1) is 0 Å². The van der Waals surface area contributed by atoms with E-state index in [0.717, 1.165) is 5.56 Å². The first-order chi connectivity index (χ1) is 11.7. The number of hydrogen-bond acceptors (Lipinski definition) is 5. The van der Waals surface area contributed by atoms with Gasteiger partial charge in [0.2, 0.25) is 5.91 Å². The monoisotopic (exact) mass is 329 g/mol. The van der Waals surface area contributed by atoms with Gasteiger partial charge in [0, 0.05) is 24.7 Å². The van der Waals surface area contributed by atoms with E-state index < -0.39 is 0 Å². The van der Waals surface area contributed by atoms with Crippen LogP contribution in [0.3, 0.4) is 0 Å². The third kappa shape index (κ3) is 3.46. The number of aromatic nitrogens is 2. The second-order valence-corrected chi connectivity index (χ2v) is 5.41. The number of ether oxygens (including phenoxy) is 2. The van der Waals surface area contributed by atoms with Gasteiger partial charge in [0.05, 0.1) is 26.0 Å². The molecule has 7 nitrogen and oxygen atoms in total. The standard InChI is InChI=1S/C17H19N3O4/c1-23-15-5-3-2-4-13(15)14-6-7-16(21)20(18-14)12-17(22)19-8-10-24-11-9-19/h2-7H,8-12H2,1H3. The average molecular weight is 329 g/mol. The normalized spacial score (nSPS) is 14.5. The van der Waals surface area contributed by atoms with Gasteiger partial charge in [-0.15, -0.1) is 0 Å². The fourth-order valence-electron chi connectivity index (χ4n) is 2.60. The molecule has 0 radical (unpaired) electrons. The van der Waals surface area contributed by atoms with Crippen LogP contribution in [-0.2, 0) is 16.1 Å². The van der Waals surface area contributed by atoms with Gasteiger partial charge < -0.3 is 14.4 Å². The summed E-state index contributed by atoms with van der Waals surface area (Å²) >= 11 is 0. The predicted molar refractivity (Wildman–Crippen MR) is 87.9 cm³/mol. The first-order valence-corrected chi connectivity index (χ1v) is 7.76. The van der Waals surface area contributed by atoms with Crippen LogP contribution in [-0.4, -0.2) is 54.0 Å². The van der Waals surface area contributed by atoms with E-state index >= 15 is 0 Å². The number of carbonyl (C=O) groups is 1. The van der Waals surface area contributed by atoms with E-state index in [1.807, 2.05) is 24.3 Å². The number of para-hydroxylation sites is 1. The molecule has 0 bridgehead atoms. The number of morpholine rings is 1. The predicted octanol–water partition coefficient (Wildman–Crippen LogP) is 0.778. The molecule has 3 rings (SSSR count). The molecular formula is C17H19N3O4.